The molecule has 0 bridgehead atoms. The van der Waals surface area contributed by atoms with Gasteiger partial charge in [0, 0.05) is 5.02 Å². The third kappa shape index (κ3) is 2.64. The van der Waals surface area contributed by atoms with Gasteiger partial charge in [-0.15, -0.1) is 0 Å². The number of fused-ring (bicyclic) bond motifs is 1. The number of benzene rings is 1. The summed E-state index contributed by atoms with van der Waals surface area (Å²) in [4.78, 5) is 23.5. The number of ether oxygens (including phenoxy) is 2. The molecule has 1 aromatic carbocycles. The van der Waals surface area contributed by atoms with Crippen LogP contribution in [0.3, 0.4) is 0 Å². The van der Waals surface area contributed by atoms with Gasteiger partial charge in [0.05, 0.1) is 31.1 Å². The minimum Gasteiger partial charge on any atom is -0.492 e. The number of hydrogen-bond acceptors (Lipinski definition) is 4. The van der Waals surface area contributed by atoms with E-state index in [1.54, 1.807) is 25.1 Å². The van der Waals surface area contributed by atoms with Crippen LogP contribution in [0.2, 0.25) is 5.02 Å². The van der Waals surface area contributed by atoms with Crippen molar-refractivity contribution < 1.29 is 19.1 Å². The van der Waals surface area contributed by atoms with E-state index in [0.717, 1.165) is 0 Å². The molecule has 2 rings (SSSR count). The molecule has 4 nitrogen and oxygen atoms in total. The van der Waals surface area contributed by atoms with Crippen LogP contribution in [0.25, 0.3) is 0 Å². The molecule has 0 spiro atoms. The largest absolute Gasteiger partial charge is 0.492 e. The van der Waals surface area contributed by atoms with Gasteiger partial charge >= 0.3 is 5.97 Å². The molecule has 0 radical (unpaired) electrons. The number of carbonyl (C=O) groups excluding carboxylic acids is 2. The van der Waals surface area contributed by atoms with E-state index in [4.69, 9.17) is 21.1 Å². The highest BCUT2D eigenvalue weighted by Gasteiger charge is 2.31. The van der Waals surface area contributed by atoms with Gasteiger partial charge in [0.15, 0.2) is 5.78 Å². The minimum absolute atomic E-state index is 0.0403. The molecule has 0 aromatic heterocycles. The van der Waals surface area contributed by atoms with Crippen molar-refractivity contribution in [3.63, 3.8) is 0 Å². The molecule has 96 valence electrons. The number of hydrogen-bond donors (Lipinski definition) is 0. The second-order valence-corrected chi connectivity index (χ2v) is 4.46. The predicted molar refractivity (Wildman–Crippen MR) is 66.0 cm³/mol. The topological polar surface area (TPSA) is 52.6 Å². The summed E-state index contributed by atoms with van der Waals surface area (Å²) in [6.07, 6.45) is 0.0403. The van der Waals surface area contributed by atoms with Crippen molar-refractivity contribution in [2.45, 2.75) is 13.3 Å². The van der Waals surface area contributed by atoms with Gasteiger partial charge in [-0.3, -0.25) is 9.59 Å². The van der Waals surface area contributed by atoms with Gasteiger partial charge in [-0.2, -0.15) is 0 Å². The third-order valence-corrected chi connectivity index (χ3v) is 2.97. The Hall–Kier alpha value is -1.55. The van der Waals surface area contributed by atoms with E-state index >= 15 is 0 Å². The molecular formula is C13H13ClO4. The van der Waals surface area contributed by atoms with Crippen LogP contribution in [-0.4, -0.2) is 25.0 Å². The molecular weight excluding hydrogens is 256 g/mol. The SMILES string of the molecule is CCOC(=O)C[C@H]1COc2ccc(Cl)cc2C1=O. The molecule has 1 aliphatic rings. The van der Waals surface area contributed by atoms with E-state index in [9.17, 15) is 9.59 Å². The average Bonchev–Trinajstić information content (AvgIpc) is 2.34. The second-order valence-electron chi connectivity index (χ2n) is 4.02. The lowest BCUT2D eigenvalue weighted by Gasteiger charge is -2.23. The molecule has 1 aliphatic heterocycles. The smallest absolute Gasteiger partial charge is 0.306 e. The first-order chi connectivity index (χ1) is 8.61. The van der Waals surface area contributed by atoms with E-state index in [1.165, 1.54) is 0 Å². The van der Waals surface area contributed by atoms with Crippen LogP contribution in [0.15, 0.2) is 18.2 Å². The number of Topliss-reactive ketones (excluding diaryl/α,β-unsaturated/α-hetero) is 1. The van der Waals surface area contributed by atoms with Gasteiger partial charge in [-0.1, -0.05) is 11.6 Å². The van der Waals surface area contributed by atoms with Gasteiger partial charge in [0.1, 0.15) is 5.75 Å². The van der Waals surface area contributed by atoms with Gasteiger partial charge in [-0.05, 0) is 25.1 Å². The summed E-state index contributed by atoms with van der Waals surface area (Å²) in [5, 5.41) is 0.475. The van der Waals surface area contributed by atoms with Crippen LogP contribution >= 0.6 is 11.6 Å². The monoisotopic (exact) mass is 268 g/mol. The maximum Gasteiger partial charge on any atom is 0.306 e. The van der Waals surface area contributed by atoms with Gasteiger partial charge < -0.3 is 9.47 Å². The number of rotatable bonds is 3. The minimum atomic E-state index is -0.491. The van der Waals surface area contributed by atoms with Crippen molar-refractivity contribution in [1.82, 2.24) is 0 Å². The zero-order valence-corrected chi connectivity index (χ0v) is 10.7. The fraction of sp³-hybridized carbons (Fsp3) is 0.385. The first-order valence-corrected chi connectivity index (χ1v) is 6.11. The van der Waals surface area contributed by atoms with Crippen LogP contribution < -0.4 is 4.74 Å². The highest BCUT2D eigenvalue weighted by atomic mass is 35.5. The molecule has 18 heavy (non-hydrogen) atoms. The third-order valence-electron chi connectivity index (χ3n) is 2.74. The maximum absolute atomic E-state index is 12.2. The van der Waals surface area contributed by atoms with Crippen molar-refractivity contribution in [2.24, 2.45) is 5.92 Å². The summed E-state index contributed by atoms with van der Waals surface area (Å²) in [5.74, 6) is -0.476. The normalized spacial score (nSPS) is 17.9. The quantitative estimate of drug-likeness (QED) is 0.791. The molecule has 0 saturated carbocycles. The fourth-order valence-corrected chi connectivity index (χ4v) is 2.05. The second kappa shape index (κ2) is 5.40. The Morgan fingerprint density at radius 2 is 2.33 bits per heavy atom. The van der Waals surface area contributed by atoms with Gasteiger partial charge in [0.25, 0.3) is 0 Å². The van der Waals surface area contributed by atoms with Crippen LogP contribution in [-0.2, 0) is 9.53 Å². The number of ketones is 1. The zero-order valence-electron chi connectivity index (χ0n) is 9.94. The lowest BCUT2D eigenvalue weighted by Crippen LogP contribution is -2.30. The van der Waals surface area contributed by atoms with E-state index < -0.39 is 5.92 Å². The van der Waals surface area contributed by atoms with E-state index in [2.05, 4.69) is 0 Å². The summed E-state index contributed by atoms with van der Waals surface area (Å²) < 4.78 is 10.3. The molecule has 1 aromatic rings. The lowest BCUT2D eigenvalue weighted by atomic mass is 9.92. The summed E-state index contributed by atoms with van der Waals surface area (Å²) in [6, 6.07) is 4.89. The predicted octanol–water partition coefficient (Wildman–Crippen LogP) is 2.48. The Morgan fingerprint density at radius 1 is 1.56 bits per heavy atom. The van der Waals surface area contributed by atoms with E-state index in [0.29, 0.717) is 22.9 Å². The maximum atomic E-state index is 12.2. The molecule has 1 atom stereocenters. The Labute approximate surface area is 110 Å². The van der Waals surface area contributed by atoms with E-state index in [-0.39, 0.29) is 24.8 Å². The number of carbonyl (C=O) groups is 2. The molecule has 0 amide bonds. The highest BCUT2D eigenvalue weighted by Crippen LogP contribution is 2.30. The number of esters is 1. The summed E-state index contributed by atoms with van der Waals surface area (Å²) >= 11 is 5.85. The molecule has 0 unspecified atom stereocenters. The molecule has 0 N–H and O–H groups in total. The Bertz CT molecular complexity index is 484. The Kier molecular flexibility index (Phi) is 3.87. The van der Waals surface area contributed by atoms with E-state index in [1.807, 2.05) is 0 Å². The summed E-state index contributed by atoms with van der Waals surface area (Å²) in [6.45, 7) is 2.24. The summed E-state index contributed by atoms with van der Waals surface area (Å²) in [5.41, 5.74) is 0.433. The average molecular weight is 269 g/mol. The van der Waals surface area contributed by atoms with Crippen molar-refractivity contribution in [3.05, 3.63) is 28.8 Å². The molecule has 1 heterocycles. The highest BCUT2D eigenvalue weighted by molar-refractivity contribution is 6.31. The molecule has 0 fully saturated rings. The van der Waals surface area contributed by atoms with Crippen LogP contribution in [0, 0.1) is 5.92 Å². The van der Waals surface area contributed by atoms with Crippen molar-refractivity contribution >= 4 is 23.4 Å². The van der Waals surface area contributed by atoms with Crippen molar-refractivity contribution in [2.75, 3.05) is 13.2 Å². The van der Waals surface area contributed by atoms with Crippen LogP contribution in [0.4, 0.5) is 0 Å². The first kappa shape index (κ1) is 12.9. The molecule has 0 saturated heterocycles. The van der Waals surface area contributed by atoms with Crippen molar-refractivity contribution in [1.29, 1.82) is 0 Å². The summed E-state index contributed by atoms with van der Waals surface area (Å²) in [7, 11) is 0. The lowest BCUT2D eigenvalue weighted by molar-refractivity contribution is -0.144. The standard InChI is InChI=1S/C13H13ClO4/c1-2-17-12(15)5-8-7-18-11-4-3-9(14)6-10(11)13(8)16/h3-4,6,8H,2,5,7H2,1H3/t8-/m0/s1. The Balaban J connectivity index is 2.15. The van der Waals surface area contributed by atoms with Gasteiger partial charge in [0.2, 0.25) is 0 Å². The van der Waals surface area contributed by atoms with Gasteiger partial charge in [-0.25, -0.2) is 0 Å². The van der Waals surface area contributed by atoms with Crippen LogP contribution in [0.1, 0.15) is 23.7 Å². The fourth-order valence-electron chi connectivity index (χ4n) is 1.88. The zero-order chi connectivity index (χ0) is 13.1. The Morgan fingerprint density at radius 3 is 3.06 bits per heavy atom. The van der Waals surface area contributed by atoms with Crippen LogP contribution in [0.5, 0.6) is 5.75 Å². The molecule has 0 aliphatic carbocycles. The molecule has 5 heteroatoms. The first-order valence-electron chi connectivity index (χ1n) is 5.74. The van der Waals surface area contributed by atoms with Crippen molar-refractivity contribution in [3.8, 4) is 5.75 Å². The number of halogens is 1.